The van der Waals surface area contributed by atoms with Crippen molar-refractivity contribution in [1.29, 1.82) is 0 Å². The fraction of sp³-hybridized carbons (Fsp3) is 0.467. The maximum atomic E-state index is 12.1. The smallest absolute Gasteiger partial charge is 0.251 e. The molecule has 0 spiro atoms. The molecule has 0 radical (unpaired) electrons. The van der Waals surface area contributed by atoms with E-state index in [0.29, 0.717) is 16.6 Å². The van der Waals surface area contributed by atoms with Gasteiger partial charge in [-0.2, -0.15) is 0 Å². The van der Waals surface area contributed by atoms with Gasteiger partial charge in [0.2, 0.25) is 0 Å². The fourth-order valence-electron chi connectivity index (χ4n) is 2.24. The normalized spacial score (nSPS) is 18.3. The Labute approximate surface area is 119 Å². The lowest BCUT2D eigenvalue weighted by Gasteiger charge is -2.18. The lowest BCUT2D eigenvalue weighted by molar-refractivity contribution is 0.0946. The first-order valence-corrected chi connectivity index (χ1v) is 7.16. The molecule has 4 heteroatoms. The molecule has 0 bridgehead atoms. The molecular formula is C15H19ClN2O. The number of carbonyl (C=O) groups is 1. The molecule has 1 amide bonds. The van der Waals surface area contributed by atoms with Gasteiger partial charge >= 0.3 is 0 Å². The van der Waals surface area contributed by atoms with Gasteiger partial charge in [-0.25, -0.2) is 4.98 Å². The quantitative estimate of drug-likeness (QED) is 0.678. The molecule has 1 N–H and O–H groups in total. The number of hydrogen-bond donors (Lipinski definition) is 1. The van der Waals surface area contributed by atoms with Crippen LogP contribution in [0.2, 0.25) is 5.15 Å². The molecule has 2 rings (SSSR count). The number of pyridine rings is 1. The lowest BCUT2D eigenvalue weighted by atomic mass is 9.94. The minimum Gasteiger partial charge on any atom is -0.352 e. The van der Waals surface area contributed by atoms with Crippen LogP contribution in [0.4, 0.5) is 0 Å². The summed E-state index contributed by atoms with van der Waals surface area (Å²) in [6, 6.07) is 3.43. The first-order chi connectivity index (χ1) is 9.19. The van der Waals surface area contributed by atoms with Crippen molar-refractivity contribution in [1.82, 2.24) is 10.3 Å². The Morgan fingerprint density at radius 1 is 1.47 bits per heavy atom. The van der Waals surface area contributed by atoms with Gasteiger partial charge in [-0.1, -0.05) is 30.7 Å². The predicted octanol–water partition coefficient (Wildman–Crippen LogP) is 3.38. The molecule has 3 nitrogen and oxygen atoms in total. The monoisotopic (exact) mass is 278 g/mol. The molecule has 1 aromatic rings. The summed E-state index contributed by atoms with van der Waals surface area (Å²) in [7, 11) is 0. The van der Waals surface area contributed by atoms with Crippen molar-refractivity contribution in [3.05, 3.63) is 40.7 Å². The topological polar surface area (TPSA) is 42.0 Å². The molecule has 1 unspecified atom stereocenters. The molecule has 1 aliphatic carbocycles. The molecule has 1 heterocycles. The summed E-state index contributed by atoms with van der Waals surface area (Å²) in [5, 5.41) is 3.37. The first-order valence-electron chi connectivity index (χ1n) is 6.78. The third kappa shape index (κ3) is 4.06. The van der Waals surface area contributed by atoms with Crippen molar-refractivity contribution in [2.24, 2.45) is 5.92 Å². The Morgan fingerprint density at radius 2 is 2.32 bits per heavy atom. The molecular weight excluding hydrogens is 260 g/mol. The highest BCUT2D eigenvalue weighted by atomic mass is 35.5. The molecule has 0 saturated carbocycles. The largest absolute Gasteiger partial charge is 0.352 e. The van der Waals surface area contributed by atoms with Crippen molar-refractivity contribution in [3.8, 4) is 0 Å². The molecule has 19 heavy (non-hydrogen) atoms. The van der Waals surface area contributed by atoms with Gasteiger partial charge in [-0.05, 0) is 43.7 Å². The molecule has 0 saturated heterocycles. The van der Waals surface area contributed by atoms with E-state index >= 15 is 0 Å². The van der Waals surface area contributed by atoms with E-state index in [1.807, 2.05) is 13.0 Å². The summed E-state index contributed by atoms with van der Waals surface area (Å²) in [6.45, 7) is 2.72. The van der Waals surface area contributed by atoms with Gasteiger partial charge in [0.1, 0.15) is 5.15 Å². The number of nitrogens with zero attached hydrogens (tertiary/aromatic N) is 1. The van der Waals surface area contributed by atoms with E-state index in [1.54, 1.807) is 6.07 Å². The van der Waals surface area contributed by atoms with Gasteiger partial charge in [0.15, 0.2) is 0 Å². The average Bonchev–Trinajstić information content (AvgIpc) is 2.45. The molecule has 0 aliphatic heterocycles. The van der Waals surface area contributed by atoms with Gasteiger partial charge in [-0.15, -0.1) is 0 Å². The van der Waals surface area contributed by atoms with Crippen LogP contribution in [0.3, 0.4) is 0 Å². The third-order valence-corrected chi connectivity index (χ3v) is 3.59. The van der Waals surface area contributed by atoms with E-state index in [2.05, 4.69) is 22.5 Å². The average molecular weight is 279 g/mol. The fourth-order valence-corrected chi connectivity index (χ4v) is 2.47. The van der Waals surface area contributed by atoms with E-state index in [9.17, 15) is 4.79 Å². The Hall–Kier alpha value is -1.35. The summed E-state index contributed by atoms with van der Waals surface area (Å²) in [5.41, 5.74) is 1.45. The summed E-state index contributed by atoms with van der Waals surface area (Å²) in [6.07, 6.45) is 8.48. The summed E-state index contributed by atoms with van der Waals surface area (Å²) in [5.74, 6) is 0.491. The van der Waals surface area contributed by atoms with E-state index in [-0.39, 0.29) is 5.91 Å². The highest BCUT2D eigenvalue weighted by Crippen LogP contribution is 2.17. The van der Waals surface area contributed by atoms with E-state index in [4.69, 9.17) is 11.6 Å². The Kier molecular flexibility index (Phi) is 4.97. The highest BCUT2D eigenvalue weighted by Gasteiger charge is 2.13. The Bertz CT molecular complexity index is 485. The maximum absolute atomic E-state index is 12.1. The number of rotatable bonds is 4. The number of amides is 1. The molecule has 0 fully saturated rings. The minimum atomic E-state index is -0.0615. The summed E-state index contributed by atoms with van der Waals surface area (Å²) in [4.78, 5) is 16.3. The van der Waals surface area contributed by atoms with Crippen LogP contribution >= 0.6 is 11.6 Å². The molecule has 0 aromatic carbocycles. The van der Waals surface area contributed by atoms with Gasteiger partial charge in [0.05, 0.1) is 0 Å². The van der Waals surface area contributed by atoms with E-state index < -0.39 is 0 Å². The second-order valence-electron chi connectivity index (χ2n) is 4.88. The second-order valence-corrected chi connectivity index (χ2v) is 5.27. The van der Waals surface area contributed by atoms with Gasteiger partial charge in [0, 0.05) is 17.8 Å². The van der Waals surface area contributed by atoms with Crippen LogP contribution in [0.15, 0.2) is 24.3 Å². The highest BCUT2D eigenvalue weighted by molar-refractivity contribution is 6.29. The third-order valence-electron chi connectivity index (χ3n) is 3.40. The van der Waals surface area contributed by atoms with Crippen LogP contribution in [0.25, 0.3) is 0 Å². The van der Waals surface area contributed by atoms with Crippen molar-refractivity contribution in [2.45, 2.75) is 32.6 Å². The van der Waals surface area contributed by atoms with Crippen molar-refractivity contribution >= 4 is 17.5 Å². The van der Waals surface area contributed by atoms with Crippen LogP contribution in [-0.4, -0.2) is 17.4 Å². The second kappa shape index (κ2) is 6.71. The van der Waals surface area contributed by atoms with Gasteiger partial charge in [0.25, 0.3) is 5.91 Å². The van der Waals surface area contributed by atoms with Gasteiger partial charge < -0.3 is 5.32 Å². The zero-order valence-electron chi connectivity index (χ0n) is 11.2. The molecule has 1 aliphatic rings. The molecule has 1 atom stereocenters. The van der Waals surface area contributed by atoms with Crippen LogP contribution in [0.1, 0.15) is 42.2 Å². The summed E-state index contributed by atoms with van der Waals surface area (Å²) < 4.78 is 0. The predicted molar refractivity (Wildman–Crippen MR) is 77.4 cm³/mol. The standard InChI is InChI=1S/C15H19ClN2O/c1-2-13-8-12(9-14(16)18-13)15(19)17-10-11-6-4-3-5-7-11/h3-4,8-9,11H,2,5-7,10H2,1H3,(H,17,19). The number of hydrogen-bond acceptors (Lipinski definition) is 2. The van der Waals surface area contributed by atoms with Crippen molar-refractivity contribution < 1.29 is 4.79 Å². The maximum Gasteiger partial charge on any atom is 0.251 e. The van der Waals surface area contributed by atoms with E-state index in [1.165, 1.54) is 0 Å². The lowest BCUT2D eigenvalue weighted by Crippen LogP contribution is -2.29. The minimum absolute atomic E-state index is 0.0615. The Morgan fingerprint density at radius 3 is 3.00 bits per heavy atom. The van der Waals surface area contributed by atoms with Gasteiger partial charge in [-0.3, -0.25) is 4.79 Å². The van der Waals surface area contributed by atoms with Crippen molar-refractivity contribution in [2.75, 3.05) is 6.54 Å². The van der Waals surface area contributed by atoms with Crippen LogP contribution in [0.5, 0.6) is 0 Å². The summed E-state index contributed by atoms with van der Waals surface area (Å²) >= 11 is 5.92. The number of allylic oxidation sites excluding steroid dienone is 2. The van der Waals surface area contributed by atoms with Crippen LogP contribution in [0, 0.1) is 5.92 Å². The van der Waals surface area contributed by atoms with Crippen molar-refractivity contribution in [3.63, 3.8) is 0 Å². The first kappa shape index (κ1) is 14.1. The zero-order chi connectivity index (χ0) is 13.7. The number of aryl methyl sites for hydroxylation is 1. The zero-order valence-corrected chi connectivity index (χ0v) is 11.9. The Balaban J connectivity index is 1.95. The number of nitrogens with one attached hydrogen (secondary N) is 1. The number of carbonyl (C=O) groups excluding carboxylic acids is 1. The molecule has 1 aromatic heterocycles. The molecule has 102 valence electrons. The van der Waals surface area contributed by atoms with Crippen LogP contribution < -0.4 is 5.32 Å². The SMILES string of the molecule is CCc1cc(C(=O)NCC2CC=CCC2)cc(Cl)n1. The number of aromatic nitrogens is 1. The van der Waals surface area contributed by atoms with Crippen LogP contribution in [-0.2, 0) is 6.42 Å². The van der Waals surface area contributed by atoms with E-state index in [0.717, 1.165) is 37.9 Å². The number of halogens is 1.